The van der Waals surface area contributed by atoms with Gasteiger partial charge in [0.15, 0.2) is 0 Å². The van der Waals surface area contributed by atoms with Crippen molar-refractivity contribution in [3.05, 3.63) is 16.0 Å². The average molecular weight is 918 g/mol. The van der Waals surface area contributed by atoms with Crippen LogP contribution in [0.1, 0.15) is 234 Å². The van der Waals surface area contributed by atoms with Crippen molar-refractivity contribution in [2.24, 2.45) is 5.92 Å². The molecular weight excluding hydrogens is 827 g/mol. The second-order valence-electron chi connectivity index (χ2n) is 18.5. The molecule has 0 saturated carbocycles. The summed E-state index contributed by atoms with van der Waals surface area (Å²) in [6, 6.07) is 0. The molecule has 368 valence electrons. The number of amides is 2. The van der Waals surface area contributed by atoms with Gasteiger partial charge in [-0.2, -0.15) is 0 Å². The third kappa shape index (κ3) is 26.2. The lowest BCUT2D eigenvalue weighted by Crippen LogP contribution is -2.35. The van der Waals surface area contributed by atoms with Crippen LogP contribution >= 0.6 is 11.3 Å². The molecule has 2 amide bonds. The maximum atomic E-state index is 13.5. The molecule has 1 unspecified atom stereocenters. The predicted molar refractivity (Wildman–Crippen MR) is 262 cm³/mol. The molecule has 0 spiro atoms. The fraction of sp³-hybridized carbons (Fsp3) is 0.827. The van der Waals surface area contributed by atoms with Crippen molar-refractivity contribution < 1.29 is 38.2 Å². The SMILES string of the molecule is CCCCCCCCCOC(=O)CCCCCCC(=O)N1CCc2c(sc(NC(=O)CCCCCOC(=O)C(CCCCCC)CCCCCCCC)c2C(=O)OCCCN(C)C)C1. The molecule has 1 N–H and O–H groups in total. The van der Waals surface area contributed by atoms with Crippen LogP contribution < -0.4 is 5.32 Å². The van der Waals surface area contributed by atoms with Crippen molar-refractivity contribution >= 4 is 46.1 Å². The van der Waals surface area contributed by atoms with Crippen LogP contribution in [0.25, 0.3) is 0 Å². The van der Waals surface area contributed by atoms with Crippen molar-refractivity contribution in [2.45, 2.75) is 226 Å². The summed E-state index contributed by atoms with van der Waals surface area (Å²) in [7, 11) is 3.96. The molecule has 1 aromatic heterocycles. The molecule has 1 aromatic rings. The normalized spacial score (nSPS) is 12.9. The highest BCUT2D eigenvalue weighted by atomic mass is 32.1. The third-order valence-corrected chi connectivity index (χ3v) is 13.5. The first-order valence-electron chi connectivity index (χ1n) is 26.0. The first kappa shape index (κ1) is 57.1. The number of anilines is 1. The Morgan fingerprint density at radius 2 is 1.12 bits per heavy atom. The summed E-state index contributed by atoms with van der Waals surface area (Å²) in [5.74, 6) is -0.733. The van der Waals surface area contributed by atoms with Gasteiger partial charge in [-0.05, 0) is 83.9 Å². The van der Waals surface area contributed by atoms with E-state index < -0.39 is 5.97 Å². The summed E-state index contributed by atoms with van der Waals surface area (Å²) in [5, 5.41) is 3.52. The molecule has 2 heterocycles. The molecule has 2 rings (SSSR count). The van der Waals surface area contributed by atoms with Crippen LogP contribution in [0.3, 0.4) is 0 Å². The van der Waals surface area contributed by atoms with Gasteiger partial charge in [0.2, 0.25) is 11.8 Å². The van der Waals surface area contributed by atoms with E-state index in [0.717, 1.165) is 94.0 Å². The summed E-state index contributed by atoms with van der Waals surface area (Å²) in [5.41, 5.74) is 1.28. The number of hydrogen-bond acceptors (Lipinski definition) is 10. The second kappa shape index (κ2) is 37.1. The smallest absolute Gasteiger partial charge is 0.341 e. The lowest BCUT2D eigenvalue weighted by molar-refractivity contribution is -0.149. The topological polar surface area (TPSA) is 132 Å². The Morgan fingerprint density at radius 1 is 0.609 bits per heavy atom. The van der Waals surface area contributed by atoms with E-state index in [0.29, 0.717) is 75.4 Å². The summed E-state index contributed by atoms with van der Waals surface area (Å²) in [4.78, 5) is 70.1. The maximum Gasteiger partial charge on any atom is 0.341 e. The number of esters is 3. The van der Waals surface area contributed by atoms with Gasteiger partial charge in [-0.25, -0.2) is 4.79 Å². The number of unbranched alkanes of at least 4 members (excludes halogenated alkanes) is 19. The van der Waals surface area contributed by atoms with Crippen LogP contribution in [0, 0.1) is 5.92 Å². The lowest BCUT2D eigenvalue weighted by Gasteiger charge is -2.27. The molecule has 1 atom stereocenters. The van der Waals surface area contributed by atoms with Crippen molar-refractivity contribution in [3.8, 4) is 0 Å². The zero-order valence-corrected chi connectivity index (χ0v) is 42.1. The number of thiophene rings is 1. The molecule has 64 heavy (non-hydrogen) atoms. The summed E-state index contributed by atoms with van der Waals surface area (Å²) in [6.45, 7) is 9.51. The van der Waals surface area contributed by atoms with Crippen LogP contribution in [0.15, 0.2) is 0 Å². The molecule has 0 aromatic carbocycles. The molecule has 12 heteroatoms. The minimum atomic E-state index is -0.435. The highest BCUT2D eigenvalue weighted by Crippen LogP contribution is 2.38. The molecule has 0 saturated heterocycles. The summed E-state index contributed by atoms with van der Waals surface area (Å²) >= 11 is 1.37. The van der Waals surface area contributed by atoms with Gasteiger partial charge in [0.25, 0.3) is 0 Å². The largest absolute Gasteiger partial charge is 0.466 e. The third-order valence-electron chi connectivity index (χ3n) is 12.3. The number of fused-ring (bicyclic) bond motifs is 1. The lowest BCUT2D eigenvalue weighted by atomic mass is 9.94. The van der Waals surface area contributed by atoms with Gasteiger partial charge in [-0.15, -0.1) is 11.3 Å². The van der Waals surface area contributed by atoms with Crippen LogP contribution in [0.2, 0.25) is 0 Å². The minimum Gasteiger partial charge on any atom is -0.466 e. The van der Waals surface area contributed by atoms with Gasteiger partial charge in [0.1, 0.15) is 5.00 Å². The van der Waals surface area contributed by atoms with Gasteiger partial charge in [0, 0.05) is 37.2 Å². The number of nitrogens with one attached hydrogen (secondary N) is 1. The number of rotatable bonds is 40. The Bertz CT molecular complexity index is 1430. The van der Waals surface area contributed by atoms with Gasteiger partial charge in [-0.3, -0.25) is 19.2 Å². The maximum absolute atomic E-state index is 13.5. The number of ether oxygens (including phenoxy) is 3. The molecule has 0 aliphatic carbocycles. The number of carbonyl (C=O) groups excluding carboxylic acids is 5. The van der Waals surface area contributed by atoms with E-state index in [1.165, 1.54) is 88.4 Å². The van der Waals surface area contributed by atoms with Crippen molar-refractivity contribution in [3.63, 3.8) is 0 Å². The highest BCUT2D eigenvalue weighted by Gasteiger charge is 2.31. The molecule has 0 bridgehead atoms. The van der Waals surface area contributed by atoms with E-state index in [9.17, 15) is 24.0 Å². The van der Waals surface area contributed by atoms with Gasteiger partial charge < -0.3 is 29.3 Å². The number of nitrogens with zero attached hydrogens (tertiary/aromatic N) is 2. The number of hydrogen-bond donors (Lipinski definition) is 1. The minimum absolute atomic E-state index is 0.0198. The quantitative estimate of drug-likeness (QED) is 0.0388. The van der Waals surface area contributed by atoms with Crippen molar-refractivity contribution in [1.82, 2.24) is 9.80 Å². The first-order chi connectivity index (χ1) is 31.1. The molecule has 1 aliphatic heterocycles. The molecular formula is C52H91N3O8S. The fourth-order valence-corrected chi connectivity index (χ4v) is 9.59. The van der Waals surface area contributed by atoms with E-state index in [4.69, 9.17) is 14.2 Å². The van der Waals surface area contributed by atoms with Crippen LogP contribution in [0.4, 0.5) is 5.00 Å². The van der Waals surface area contributed by atoms with Gasteiger partial charge in [-0.1, -0.05) is 136 Å². The van der Waals surface area contributed by atoms with Crippen LogP contribution in [0.5, 0.6) is 0 Å². The van der Waals surface area contributed by atoms with Crippen LogP contribution in [-0.4, -0.2) is 86.5 Å². The average Bonchev–Trinajstić information content (AvgIpc) is 3.64. The van der Waals surface area contributed by atoms with E-state index >= 15 is 0 Å². The van der Waals surface area contributed by atoms with E-state index in [1.54, 1.807) is 0 Å². The standard InChI is InChI=1S/C52H91N3O8S/c1-6-9-12-15-17-21-28-39-61-48(58)35-27-20-19-26-34-47(57)55-38-36-44-45(42-55)64-50(49(44)52(60)63-41-30-37-54(4)5)53-46(56)33-25-22-29-40-62-51(59)43(31-23-14-11-8-3)32-24-18-16-13-10-7-2/h43H,6-42H2,1-5H3,(H,53,56). The Hall–Kier alpha value is -2.99. The monoisotopic (exact) mass is 918 g/mol. The summed E-state index contributed by atoms with van der Waals surface area (Å²) in [6.07, 6.45) is 29.8. The predicted octanol–water partition coefficient (Wildman–Crippen LogP) is 12.8. The Balaban J connectivity index is 1.82. The molecule has 0 radical (unpaired) electrons. The summed E-state index contributed by atoms with van der Waals surface area (Å²) < 4.78 is 16.9. The Morgan fingerprint density at radius 3 is 1.77 bits per heavy atom. The zero-order valence-electron chi connectivity index (χ0n) is 41.3. The zero-order chi connectivity index (χ0) is 46.6. The highest BCUT2D eigenvalue weighted by molar-refractivity contribution is 7.17. The van der Waals surface area contributed by atoms with E-state index in [1.807, 2.05) is 23.9 Å². The first-order valence-corrected chi connectivity index (χ1v) is 26.8. The van der Waals surface area contributed by atoms with Crippen molar-refractivity contribution in [2.75, 3.05) is 52.3 Å². The fourth-order valence-electron chi connectivity index (χ4n) is 8.33. The molecule has 1 aliphatic rings. The van der Waals surface area contributed by atoms with E-state index in [2.05, 4.69) is 26.1 Å². The Kier molecular flexibility index (Phi) is 33.2. The van der Waals surface area contributed by atoms with Gasteiger partial charge in [0.05, 0.1) is 37.8 Å². The Labute approximate surface area is 393 Å². The molecule has 11 nitrogen and oxygen atoms in total. The molecule has 0 fully saturated rings. The van der Waals surface area contributed by atoms with Crippen molar-refractivity contribution in [1.29, 1.82) is 0 Å². The van der Waals surface area contributed by atoms with Gasteiger partial charge >= 0.3 is 17.9 Å². The van der Waals surface area contributed by atoms with Crippen LogP contribution in [-0.2, 0) is 46.4 Å². The second-order valence-corrected chi connectivity index (χ2v) is 19.6. The number of carbonyl (C=O) groups is 5. The van der Waals surface area contributed by atoms with E-state index in [-0.39, 0.29) is 42.7 Å².